The maximum absolute atomic E-state index is 12.2. The van der Waals surface area contributed by atoms with Crippen molar-refractivity contribution in [2.45, 2.75) is 25.4 Å². The lowest BCUT2D eigenvalue weighted by molar-refractivity contribution is -0.128. The fourth-order valence-corrected chi connectivity index (χ4v) is 3.94. The summed E-state index contributed by atoms with van der Waals surface area (Å²) < 4.78 is 7.19. The molecule has 0 aliphatic carbocycles. The highest BCUT2D eigenvalue weighted by atomic mass is 32.2. The second-order valence-corrected chi connectivity index (χ2v) is 7.16. The first-order valence-electron chi connectivity index (χ1n) is 8.08. The van der Waals surface area contributed by atoms with Gasteiger partial charge in [-0.1, -0.05) is 35.0 Å². The summed E-state index contributed by atoms with van der Waals surface area (Å²) in [6.07, 6.45) is 3.54. The maximum atomic E-state index is 12.2. The van der Waals surface area contributed by atoms with Crippen molar-refractivity contribution >= 4 is 17.7 Å². The predicted octanol–water partition coefficient (Wildman–Crippen LogP) is 3.00. The van der Waals surface area contributed by atoms with Gasteiger partial charge >= 0.3 is 0 Å². The quantitative estimate of drug-likeness (QED) is 0.705. The predicted molar refractivity (Wildman–Crippen MR) is 94.8 cm³/mol. The molecule has 1 fully saturated rings. The Morgan fingerprint density at radius 1 is 1.24 bits per heavy atom. The van der Waals surface area contributed by atoms with Crippen LogP contribution in [0.2, 0.25) is 0 Å². The minimum absolute atomic E-state index is 0.0967. The number of amides is 1. The molecule has 1 atom stereocenters. The van der Waals surface area contributed by atoms with Crippen LogP contribution in [0.1, 0.15) is 28.0 Å². The summed E-state index contributed by atoms with van der Waals surface area (Å²) in [5.41, 5.74) is 3.21. The third-order valence-electron chi connectivity index (χ3n) is 4.15. The molecule has 3 aromatic rings. The molecular weight excluding hydrogens is 336 g/mol. The highest BCUT2D eigenvalue weighted by Gasteiger charge is 2.35. The molecule has 0 bridgehead atoms. The zero-order valence-electron chi connectivity index (χ0n) is 13.8. The van der Waals surface area contributed by atoms with E-state index in [1.54, 1.807) is 22.9 Å². The Morgan fingerprint density at radius 3 is 2.84 bits per heavy atom. The second-order valence-electron chi connectivity index (χ2n) is 6.09. The van der Waals surface area contributed by atoms with Crippen LogP contribution in [-0.2, 0) is 17.9 Å². The number of furan rings is 1. The smallest absolute Gasteiger partial charge is 0.234 e. The van der Waals surface area contributed by atoms with Gasteiger partial charge in [0.05, 0.1) is 31.3 Å². The van der Waals surface area contributed by atoms with Gasteiger partial charge in [0, 0.05) is 0 Å². The van der Waals surface area contributed by atoms with Gasteiger partial charge in [-0.15, -0.1) is 16.9 Å². The Morgan fingerprint density at radius 2 is 2.08 bits per heavy atom. The van der Waals surface area contributed by atoms with Crippen LogP contribution in [0.25, 0.3) is 0 Å². The van der Waals surface area contributed by atoms with Gasteiger partial charge < -0.3 is 9.32 Å². The van der Waals surface area contributed by atoms with Gasteiger partial charge in [0.1, 0.15) is 16.8 Å². The van der Waals surface area contributed by atoms with Crippen LogP contribution in [0.4, 0.5) is 0 Å². The summed E-state index contributed by atoms with van der Waals surface area (Å²) in [4.78, 5) is 14.0. The Balaban J connectivity index is 1.50. The van der Waals surface area contributed by atoms with Crippen molar-refractivity contribution in [1.29, 1.82) is 0 Å². The second kappa shape index (κ2) is 6.76. The van der Waals surface area contributed by atoms with E-state index in [4.69, 9.17) is 4.42 Å². The molecule has 1 amide bonds. The lowest BCUT2D eigenvalue weighted by Gasteiger charge is -2.20. The van der Waals surface area contributed by atoms with Crippen LogP contribution in [0.3, 0.4) is 0 Å². The van der Waals surface area contributed by atoms with E-state index in [0.29, 0.717) is 18.8 Å². The van der Waals surface area contributed by atoms with Crippen molar-refractivity contribution in [2.75, 3.05) is 5.75 Å². The van der Waals surface area contributed by atoms with Crippen molar-refractivity contribution in [2.24, 2.45) is 0 Å². The number of aryl methyl sites for hydroxylation is 1. The largest absolute Gasteiger partial charge is 0.467 e. The van der Waals surface area contributed by atoms with E-state index in [1.807, 2.05) is 23.0 Å². The Bertz CT molecular complexity index is 858. The minimum atomic E-state index is -0.121. The SMILES string of the molecule is Cc1ccc(Cn2cc([C@@H]3SCC(=O)N3Cc3ccco3)nn2)cc1. The molecule has 0 saturated carbocycles. The standard InChI is InChI=1S/C18H18N4O2S/c1-13-4-6-14(7-5-13)9-21-11-16(19-20-21)18-22(17(23)12-25-18)10-15-3-2-8-24-15/h2-8,11,18H,9-10,12H2,1H3/t18-/m0/s1. The molecule has 1 saturated heterocycles. The zero-order valence-corrected chi connectivity index (χ0v) is 14.6. The molecule has 3 heterocycles. The lowest BCUT2D eigenvalue weighted by Crippen LogP contribution is -2.27. The van der Waals surface area contributed by atoms with Crippen molar-refractivity contribution in [1.82, 2.24) is 19.9 Å². The van der Waals surface area contributed by atoms with Gasteiger partial charge in [0.15, 0.2) is 0 Å². The number of carbonyl (C=O) groups is 1. The molecule has 25 heavy (non-hydrogen) atoms. The van der Waals surface area contributed by atoms with E-state index in [1.165, 1.54) is 11.1 Å². The number of aromatic nitrogens is 3. The molecule has 4 rings (SSSR count). The molecule has 0 spiro atoms. The van der Waals surface area contributed by atoms with E-state index in [-0.39, 0.29) is 11.3 Å². The molecule has 0 N–H and O–H groups in total. The number of nitrogens with zero attached hydrogens (tertiary/aromatic N) is 4. The van der Waals surface area contributed by atoms with Gasteiger partial charge in [-0.2, -0.15) is 0 Å². The first-order chi connectivity index (χ1) is 12.2. The molecule has 1 aliphatic heterocycles. The molecule has 6 nitrogen and oxygen atoms in total. The Kier molecular flexibility index (Phi) is 4.31. The summed E-state index contributed by atoms with van der Waals surface area (Å²) in [5.74, 6) is 1.32. The highest BCUT2D eigenvalue weighted by molar-refractivity contribution is 8.00. The molecule has 1 aliphatic rings. The number of benzene rings is 1. The van der Waals surface area contributed by atoms with E-state index in [2.05, 4.69) is 41.5 Å². The van der Waals surface area contributed by atoms with Crippen LogP contribution in [-0.4, -0.2) is 31.6 Å². The number of hydrogen-bond donors (Lipinski definition) is 0. The van der Waals surface area contributed by atoms with Gasteiger partial charge in [-0.3, -0.25) is 4.79 Å². The van der Waals surface area contributed by atoms with Gasteiger partial charge in [-0.25, -0.2) is 4.68 Å². The van der Waals surface area contributed by atoms with E-state index < -0.39 is 0 Å². The van der Waals surface area contributed by atoms with E-state index in [0.717, 1.165) is 11.5 Å². The van der Waals surface area contributed by atoms with Crippen molar-refractivity contribution < 1.29 is 9.21 Å². The summed E-state index contributed by atoms with van der Waals surface area (Å²) in [6.45, 7) is 3.18. The average molecular weight is 354 g/mol. The average Bonchev–Trinajstić information content (AvgIpc) is 3.34. The van der Waals surface area contributed by atoms with Gasteiger partial charge in [-0.05, 0) is 24.6 Å². The van der Waals surface area contributed by atoms with Gasteiger partial charge in [0.2, 0.25) is 5.91 Å². The summed E-state index contributed by atoms with van der Waals surface area (Å²) in [6, 6.07) is 12.1. The van der Waals surface area contributed by atoms with E-state index in [9.17, 15) is 4.79 Å². The topological polar surface area (TPSA) is 64.2 Å². The monoisotopic (exact) mass is 354 g/mol. The molecule has 128 valence electrons. The van der Waals surface area contributed by atoms with Crippen LogP contribution in [0, 0.1) is 6.92 Å². The molecular formula is C18H18N4O2S. The first kappa shape index (κ1) is 16.0. The van der Waals surface area contributed by atoms with Crippen LogP contribution < -0.4 is 0 Å². The molecule has 0 radical (unpaired) electrons. The third kappa shape index (κ3) is 3.46. The number of thioether (sulfide) groups is 1. The van der Waals surface area contributed by atoms with Crippen molar-refractivity contribution in [3.8, 4) is 0 Å². The fraction of sp³-hybridized carbons (Fsp3) is 0.278. The molecule has 1 aromatic carbocycles. The highest BCUT2D eigenvalue weighted by Crippen LogP contribution is 2.38. The molecule has 0 unspecified atom stereocenters. The van der Waals surface area contributed by atoms with Crippen molar-refractivity contribution in [3.05, 3.63) is 71.4 Å². The molecule has 2 aromatic heterocycles. The Hall–Kier alpha value is -2.54. The van der Waals surface area contributed by atoms with Crippen molar-refractivity contribution in [3.63, 3.8) is 0 Å². The third-order valence-corrected chi connectivity index (χ3v) is 5.37. The van der Waals surface area contributed by atoms with Crippen LogP contribution in [0.15, 0.2) is 53.3 Å². The summed E-state index contributed by atoms with van der Waals surface area (Å²) in [7, 11) is 0. The first-order valence-corrected chi connectivity index (χ1v) is 9.13. The van der Waals surface area contributed by atoms with E-state index >= 15 is 0 Å². The number of hydrogen-bond acceptors (Lipinski definition) is 5. The van der Waals surface area contributed by atoms with Crippen LogP contribution in [0.5, 0.6) is 0 Å². The summed E-state index contributed by atoms with van der Waals surface area (Å²) >= 11 is 1.57. The summed E-state index contributed by atoms with van der Waals surface area (Å²) in [5, 5.41) is 8.40. The van der Waals surface area contributed by atoms with Gasteiger partial charge in [0.25, 0.3) is 0 Å². The number of rotatable bonds is 5. The Labute approximate surface area is 149 Å². The zero-order chi connectivity index (χ0) is 17.2. The molecule has 7 heteroatoms. The normalized spacial score (nSPS) is 17.4. The number of carbonyl (C=O) groups excluding carboxylic acids is 1. The fourth-order valence-electron chi connectivity index (χ4n) is 2.82. The lowest BCUT2D eigenvalue weighted by atomic mass is 10.1. The maximum Gasteiger partial charge on any atom is 0.234 e. The van der Waals surface area contributed by atoms with Crippen LogP contribution >= 0.6 is 11.8 Å². The minimum Gasteiger partial charge on any atom is -0.467 e.